The van der Waals surface area contributed by atoms with Crippen molar-refractivity contribution in [3.63, 3.8) is 0 Å². The van der Waals surface area contributed by atoms with Gasteiger partial charge in [0.2, 0.25) is 15.9 Å². The summed E-state index contributed by atoms with van der Waals surface area (Å²) in [6.07, 6.45) is 1.17. The Bertz CT molecular complexity index is 989. The molecule has 29 heavy (non-hydrogen) atoms. The van der Waals surface area contributed by atoms with Gasteiger partial charge in [0.1, 0.15) is 6.04 Å². The third kappa shape index (κ3) is 5.54. The van der Waals surface area contributed by atoms with Crippen molar-refractivity contribution in [1.82, 2.24) is 5.32 Å². The Morgan fingerprint density at radius 1 is 1.21 bits per heavy atom. The molecular formula is C20H25N3O5S. The Balaban J connectivity index is 2.35. The van der Waals surface area contributed by atoms with E-state index in [1.165, 1.54) is 18.2 Å². The topological polar surface area (TPSA) is 110 Å². The van der Waals surface area contributed by atoms with E-state index in [0.717, 1.165) is 27.8 Å². The molecular weight excluding hydrogens is 394 g/mol. The number of rotatable bonds is 8. The third-order valence-corrected chi connectivity index (χ3v) is 5.74. The number of carbonyl (C=O) groups excluding carboxylic acids is 1. The van der Waals surface area contributed by atoms with E-state index in [1.807, 2.05) is 38.1 Å². The van der Waals surface area contributed by atoms with Crippen LogP contribution >= 0.6 is 0 Å². The summed E-state index contributed by atoms with van der Waals surface area (Å²) in [7, 11) is -3.87. The molecule has 0 bridgehead atoms. The SMILES string of the molecule is CC[C@H](C(=O)N[C@@H](C)c1ccc(C)cc1)N(c1cccc([N+](=O)[O-])c1)S(C)(=O)=O. The van der Waals surface area contributed by atoms with Crippen molar-refractivity contribution in [2.45, 2.75) is 39.3 Å². The van der Waals surface area contributed by atoms with Crippen LogP contribution in [0.5, 0.6) is 0 Å². The minimum Gasteiger partial charge on any atom is -0.348 e. The van der Waals surface area contributed by atoms with Crippen LogP contribution < -0.4 is 9.62 Å². The quantitative estimate of drug-likeness (QED) is 0.521. The van der Waals surface area contributed by atoms with Crippen LogP contribution in [0.2, 0.25) is 0 Å². The summed E-state index contributed by atoms with van der Waals surface area (Å²) in [6, 6.07) is 11.5. The van der Waals surface area contributed by atoms with Crippen LogP contribution in [0, 0.1) is 17.0 Å². The second-order valence-corrected chi connectivity index (χ2v) is 8.76. The van der Waals surface area contributed by atoms with Gasteiger partial charge >= 0.3 is 0 Å². The van der Waals surface area contributed by atoms with Gasteiger partial charge in [0.25, 0.3) is 5.69 Å². The number of non-ortho nitro benzene ring substituents is 1. The molecule has 8 nitrogen and oxygen atoms in total. The first-order chi connectivity index (χ1) is 13.5. The highest BCUT2D eigenvalue weighted by Crippen LogP contribution is 2.27. The predicted octanol–water partition coefficient (Wildman–Crippen LogP) is 3.33. The lowest BCUT2D eigenvalue weighted by atomic mass is 10.1. The molecule has 0 spiro atoms. The van der Waals surface area contributed by atoms with Crippen LogP contribution in [0.4, 0.5) is 11.4 Å². The van der Waals surface area contributed by atoms with Gasteiger partial charge in [-0.2, -0.15) is 0 Å². The number of hydrogen-bond donors (Lipinski definition) is 1. The molecule has 0 saturated heterocycles. The highest BCUT2D eigenvalue weighted by atomic mass is 32.2. The van der Waals surface area contributed by atoms with E-state index in [9.17, 15) is 23.3 Å². The van der Waals surface area contributed by atoms with Crippen molar-refractivity contribution >= 4 is 27.3 Å². The highest BCUT2D eigenvalue weighted by Gasteiger charge is 2.32. The van der Waals surface area contributed by atoms with E-state index < -0.39 is 26.9 Å². The number of amides is 1. The monoisotopic (exact) mass is 419 g/mol. The molecule has 2 aromatic carbocycles. The van der Waals surface area contributed by atoms with Crippen LogP contribution in [0.25, 0.3) is 0 Å². The molecule has 0 heterocycles. The molecule has 0 saturated carbocycles. The number of carbonyl (C=O) groups is 1. The van der Waals surface area contributed by atoms with Gasteiger partial charge in [-0.1, -0.05) is 42.8 Å². The van der Waals surface area contributed by atoms with Crippen LogP contribution in [-0.2, 0) is 14.8 Å². The first-order valence-electron chi connectivity index (χ1n) is 9.15. The lowest BCUT2D eigenvalue weighted by Gasteiger charge is -2.31. The summed E-state index contributed by atoms with van der Waals surface area (Å²) < 4.78 is 25.9. The Labute approximate surface area is 170 Å². The Morgan fingerprint density at radius 3 is 2.34 bits per heavy atom. The normalized spacial score (nSPS) is 13.4. The first kappa shape index (κ1) is 22.4. The molecule has 0 aliphatic rings. The summed E-state index contributed by atoms with van der Waals surface area (Å²) in [5.74, 6) is -0.475. The van der Waals surface area contributed by atoms with E-state index in [2.05, 4.69) is 5.32 Å². The van der Waals surface area contributed by atoms with Gasteiger partial charge in [0.15, 0.2) is 0 Å². The maximum absolute atomic E-state index is 13.0. The number of nitro groups is 1. The van der Waals surface area contributed by atoms with Gasteiger partial charge in [-0.15, -0.1) is 0 Å². The van der Waals surface area contributed by atoms with Gasteiger partial charge in [-0.25, -0.2) is 8.42 Å². The van der Waals surface area contributed by atoms with Crippen LogP contribution in [0.1, 0.15) is 37.4 Å². The van der Waals surface area contributed by atoms with Gasteiger partial charge in [-0.05, 0) is 31.9 Å². The van der Waals surface area contributed by atoms with E-state index in [4.69, 9.17) is 0 Å². The molecule has 2 aromatic rings. The zero-order valence-corrected chi connectivity index (χ0v) is 17.6. The second-order valence-electron chi connectivity index (χ2n) is 6.90. The van der Waals surface area contributed by atoms with Gasteiger partial charge in [0, 0.05) is 12.1 Å². The molecule has 1 N–H and O–H groups in total. The zero-order valence-electron chi connectivity index (χ0n) is 16.8. The number of aryl methyl sites for hydroxylation is 1. The lowest BCUT2D eigenvalue weighted by Crippen LogP contribution is -2.49. The van der Waals surface area contributed by atoms with Crippen molar-refractivity contribution in [2.24, 2.45) is 0 Å². The molecule has 0 aromatic heterocycles. The van der Waals surface area contributed by atoms with Crippen molar-refractivity contribution in [1.29, 1.82) is 0 Å². The van der Waals surface area contributed by atoms with E-state index in [0.29, 0.717) is 0 Å². The fourth-order valence-electron chi connectivity index (χ4n) is 3.05. The number of hydrogen-bond acceptors (Lipinski definition) is 5. The predicted molar refractivity (Wildman–Crippen MR) is 112 cm³/mol. The molecule has 0 unspecified atom stereocenters. The molecule has 2 atom stereocenters. The van der Waals surface area contributed by atoms with Crippen molar-refractivity contribution in [3.05, 3.63) is 69.8 Å². The second kappa shape index (κ2) is 9.04. The number of nitrogens with zero attached hydrogens (tertiary/aromatic N) is 2. The fraction of sp³-hybridized carbons (Fsp3) is 0.350. The van der Waals surface area contributed by atoms with Gasteiger partial charge < -0.3 is 5.32 Å². The van der Waals surface area contributed by atoms with Crippen LogP contribution in [0.15, 0.2) is 48.5 Å². The maximum Gasteiger partial charge on any atom is 0.271 e. The Kier molecular flexibility index (Phi) is 6.97. The molecule has 156 valence electrons. The summed E-state index contributed by atoms with van der Waals surface area (Å²) in [4.78, 5) is 23.4. The molecule has 0 aliphatic carbocycles. The molecule has 0 radical (unpaired) electrons. The molecule has 9 heteroatoms. The first-order valence-corrected chi connectivity index (χ1v) is 11.0. The lowest BCUT2D eigenvalue weighted by molar-refractivity contribution is -0.384. The molecule has 2 rings (SSSR count). The highest BCUT2D eigenvalue weighted by molar-refractivity contribution is 7.92. The van der Waals surface area contributed by atoms with E-state index in [1.54, 1.807) is 6.92 Å². The van der Waals surface area contributed by atoms with Gasteiger partial charge in [-0.3, -0.25) is 19.2 Å². The average Bonchev–Trinajstić information content (AvgIpc) is 2.65. The summed E-state index contributed by atoms with van der Waals surface area (Å²) in [5.41, 5.74) is 1.80. The van der Waals surface area contributed by atoms with E-state index in [-0.39, 0.29) is 23.8 Å². The minimum atomic E-state index is -3.87. The molecule has 0 aliphatic heterocycles. The number of nitro benzene ring substituents is 1. The zero-order chi connectivity index (χ0) is 21.8. The number of benzene rings is 2. The maximum atomic E-state index is 13.0. The van der Waals surface area contributed by atoms with Crippen molar-refractivity contribution in [3.8, 4) is 0 Å². The Morgan fingerprint density at radius 2 is 1.83 bits per heavy atom. The number of nitrogens with one attached hydrogen (secondary N) is 1. The molecule has 0 fully saturated rings. The smallest absolute Gasteiger partial charge is 0.271 e. The minimum absolute atomic E-state index is 0.0756. The van der Waals surface area contributed by atoms with Gasteiger partial charge in [0.05, 0.1) is 22.9 Å². The largest absolute Gasteiger partial charge is 0.348 e. The summed E-state index contributed by atoms with van der Waals surface area (Å²) in [5, 5.41) is 13.9. The standard InChI is InChI=1S/C20H25N3O5S/c1-5-19(20(24)21-15(3)16-11-9-14(2)10-12-16)22(29(4,27)28)17-7-6-8-18(13-17)23(25)26/h6-13,15,19H,5H2,1-4H3,(H,21,24)/t15-,19+/m0/s1. The van der Waals surface area contributed by atoms with Crippen LogP contribution in [0.3, 0.4) is 0 Å². The number of sulfonamides is 1. The third-order valence-electron chi connectivity index (χ3n) is 4.56. The van der Waals surface area contributed by atoms with Crippen molar-refractivity contribution in [2.75, 3.05) is 10.6 Å². The number of anilines is 1. The summed E-state index contributed by atoms with van der Waals surface area (Å²) >= 11 is 0. The van der Waals surface area contributed by atoms with E-state index >= 15 is 0 Å². The summed E-state index contributed by atoms with van der Waals surface area (Å²) in [6.45, 7) is 5.47. The molecule has 1 amide bonds. The van der Waals surface area contributed by atoms with Crippen molar-refractivity contribution < 1.29 is 18.1 Å². The Hall–Kier alpha value is -2.94. The van der Waals surface area contributed by atoms with Crippen LogP contribution in [-0.4, -0.2) is 31.5 Å². The fourth-order valence-corrected chi connectivity index (χ4v) is 4.26. The average molecular weight is 420 g/mol.